The van der Waals surface area contributed by atoms with Crippen molar-refractivity contribution < 1.29 is 9.13 Å². The van der Waals surface area contributed by atoms with Gasteiger partial charge in [-0.25, -0.2) is 15.2 Å². The largest absolute Gasteiger partial charge is 0.380 e. The van der Waals surface area contributed by atoms with Crippen LogP contribution in [0.5, 0.6) is 0 Å². The molecular formula is C10H18FN5O. The highest BCUT2D eigenvalue weighted by molar-refractivity contribution is 5.43. The number of nitrogens with one attached hydrogen (secondary N) is 1. The molecular weight excluding hydrogens is 225 g/mol. The summed E-state index contributed by atoms with van der Waals surface area (Å²) < 4.78 is 18.8. The highest BCUT2D eigenvalue weighted by Gasteiger charge is 2.13. The third-order valence-electron chi connectivity index (χ3n) is 2.25. The number of likely N-dealkylation sites (N-methyl/N-ethyl adjacent to an activating group) is 1. The predicted octanol–water partition coefficient (Wildman–Crippen LogP) is 0.764. The Hall–Kier alpha value is -1.47. The lowest BCUT2D eigenvalue weighted by atomic mass is 10.4. The third-order valence-corrected chi connectivity index (χ3v) is 2.25. The molecule has 96 valence electrons. The molecule has 0 bridgehead atoms. The summed E-state index contributed by atoms with van der Waals surface area (Å²) in [6, 6.07) is 0. The number of nitrogens with two attached hydrogens (primary N) is 1. The summed E-state index contributed by atoms with van der Waals surface area (Å²) in [6.45, 7) is 6.20. The van der Waals surface area contributed by atoms with Crippen LogP contribution < -0.4 is 16.2 Å². The van der Waals surface area contributed by atoms with Crippen molar-refractivity contribution in [1.29, 1.82) is 0 Å². The smallest absolute Gasteiger partial charge is 0.239 e. The predicted molar refractivity (Wildman–Crippen MR) is 64.2 cm³/mol. The zero-order valence-corrected chi connectivity index (χ0v) is 10.1. The zero-order chi connectivity index (χ0) is 12.7. The van der Waals surface area contributed by atoms with Crippen LogP contribution in [0, 0.1) is 5.82 Å². The van der Waals surface area contributed by atoms with E-state index in [0.29, 0.717) is 26.3 Å². The van der Waals surface area contributed by atoms with Gasteiger partial charge in [0.25, 0.3) is 0 Å². The number of nitrogens with zero attached hydrogens (tertiary/aromatic N) is 3. The molecule has 7 heteroatoms. The van der Waals surface area contributed by atoms with E-state index in [1.807, 2.05) is 13.8 Å². The van der Waals surface area contributed by atoms with Crippen LogP contribution in [0.4, 0.5) is 16.2 Å². The van der Waals surface area contributed by atoms with Crippen LogP contribution in [0.1, 0.15) is 13.8 Å². The molecule has 0 spiro atoms. The Morgan fingerprint density at radius 2 is 2.29 bits per heavy atom. The number of nitrogen functional groups attached to an aromatic ring is 1. The van der Waals surface area contributed by atoms with Crippen molar-refractivity contribution in [3.8, 4) is 0 Å². The van der Waals surface area contributed by atoms with Crippen LogP contribution in [0.15, 0.2) is 6.20 Å². The van der Waals surface area contributed by atoms with Gasteiger partial charge in [-0.2, -0.15) is 4.98 Å². The van der Waals surface area contributed by atoms with Gasteiger partial charge in [0.1, 0.15) is 0 Å². The van der Waals surface area contributed by atoms with Crippen molar-refractivity contribution in [2.45, 2.75) is 13.8 Å². The second kappa shape index (κ2) is 6.97. The summed E-state index contributed by atoms with van der Waals surface area (Å²) in [5.74, 6) is 5.14. The first-order valence-corrected chi connectivity index (χ1v) is 5.54. The summed E-state index contributed by atoms with van der Waals surface area (Å²) in [7, 11) is 0. The van der Waals surface area contributed by atoms with Crippen molar-refractivity contribution in [3.63, 3.8) is 0 Å². The molecule has 1 rings (SSSR count). The van der Waals surface area contributed by atoms with Crippen LogP contribution in [0.3, 0.4) is 0 Å². The lowest BCUT2D eigenvalue weighted by Gasteiger charge is -2.22. The fourth-order valence-electron chi connectivity index (χ4n) is 1.38. The Morgan fingerprint density at radius 3 is 2.88 bits per heavy atom. The lowest BCUT2D eigenvalue weighted by Crippen LogP contribution is -2.29. The normalized spacial score (nSPS) is 10.4. The maximum absolute atomic E-state index is 13.6. The van der Waals surface area contributed by atoms with Crippen molar-refractivity contribution in [2.75, 3.05) is 36.6 Å². The molecule has 0 aliphatic carbocycles. The van der Waals surface area contributed by atoms with E-state index < -0.39 is 5.82 Å². The first-order valence-electron chi connectivity index (χ1n) is 5.54. The molecule has 3 N–H and O–H groups in total. The molecule has 1 heterocycles. The number of halogens is 1. The van der Waals surface area contributed by atoms with Crippen LogP contribution in [0.2, 0.25) is 0 Å². The van der Waals surface area contributed by atoms with Crippen LogP contribution in [0.25, 0.3) is 0 Å². The van der Waals surface area contributed by atoms with E-state index in [0.717, 1.165) is 6.20 Å². The van der Waals surface area contributed by atoms with Gasteiger partial charge < -0.3 is 9.64 Å². The lowest BCUT2D eigenvalue weighted by molar-refractivity contribution is 0.154. The van der Waals surface area contributed by atoms with Crippen molar-refractivity contribution >= 4 is 11.8 Å². The SMILES string of the molecule is CCOCCN(CC)c1nc(NN)ncc1F. The van der Waals surface area contributed by atoms with Crippen molar-refractivity contribution in [3.05, 3.63) is 12.0 Å². The van der Waals surface area contributed by atoms with Gasteiger partial charge in [0.15, 0.2) is 11.6 Å². The monoisotopic (exact) mass is 243 g/mol. The highest BCUT2D eigenvalue weighted by Crippen LogP contribution is 2.16. The first-order chi connectivity index (χ1) is 8.22. The van der Waals surface area contributed by atoms with E-state index in [1.54, 1.807) is 4.90 Å². The second-order valence-electron chi connectivity index (χ2n) is 3.29. The van der Waals surface area contributed by atoms with E-state index in [9.17, 15) is 4.39 Å². The van der Waals surface area contributed by atoms with Gasteiger partial charge in [0.2, 0.25) is 5.95 Å². The number of aromatic nitrogens is 2. The summed E-state index contributed by atoms with van der Waals surface area (Å²) in [5.41, 5.74) is 2.29. The molecule has 0 atom stereocenters. The Morgan fingerprint density at radius 1 is 1.53 bits per heavy atom. The summed E-state index contributed by atoms with van der Waals surface area (Å²) in [5, 5.41) is 0. The number of hydrogen-bond acceptors (Lipinski definition) is 6. The Kier molecular flexibility index (Phi) is 5.58. The number of hydrogen-bond donors (Lipinski definition) is 2. The van der Waals surface area contributed by atoms with Gasteiger partial charge >= 0.3 is 0 Å². The quantitative estimate of drug-likeness (QED) is 0.418. The topological polar surface area (TPSA) is 76.3 Å². The van der Waals surface area contributed by atoms with Crippen LogP contribution >= 0.6 is 0 Å². The first kappa shape index (κ1) is 13.6. The molecule has 0 saturated carbocycles. The minimum absolute atomic E-state index is 0.191. The molecule has 1 aromatic heterocycles. The molecule has 0 aromatic carbocycles. The van der Waals surface area contributed by atoms with Gasteiger partial charge in [-0.3, -0.25) is 5.43 Å². The molecule has 0 amide bonds. The van der Waals surface area contributed by atoms with E-state index in [2.05, 4.69) is 15.4 Å². The highest BCUT2D eigenvalue weighted by atomic mass is 19.1. The maximum Gasteiger partial charge on any atom is 0.239 e. The van der Waals surface area contributed by atoms with E-state index in [4.69, 9.17) is 10.6 Å². The Balaban J connectivity index is 2.78. The van der Waals surface area contributed by atoms with E-state index in [1.165, 1.54) is 0 Å². The number of rotatable bonds is 7. The Labute approximate surface area is 100.0 Å². The zero-order valence-electron chi connectivity index (χ0n) is 10.1. The minimum atomic E-state index is -0.470. The van der Waals surface area contributed by atoms with Gasteiger partial charge in [-0.15, -0.1) is 0 Å². The Bertz CT molecular complexity index is 349. The van der Waals surface area contributed by atoms with Crippen molar-refractivity contribution in [2.24, 2.45) is 5.84 Å². The van der Waals surface area contributed by atoms with Crippen LogP contribution in [-0.4, -0.2) is 36.3 Å². The fourth-order valence-corrected chi connectivity index (χ4v) is 1.38. The summed E-state index contributed by atoms with van der Waals surface area (Å²) >= 11 is 0. The fraction of sp³-hybridized carbons (Fsp3) is 0.600. The average molecular weight is 243 g/mol. The standard InChI is InChI=1S/C10H18FN5O/c1-3-16(5-6-17-4-2)9-8(11)7-13-10(14-9)15-12/h7H,3-6,12H2,1-2H3,(H,13,14,15). The van der Waals surface area contributed by atoms with Gasteiger partial charge in [0.05, 0.1) is 12.8 Å². The second-order valence-corrected chi connectivity index (χ2v) is 3.29. The molecule has 0 aliphatic rings. The minimum Gasteiger partial charge on any atom is -0.380 e. The summed E-state index contributed by atoms with van der Waals surface area (Å²) in [6.07, 6.45) is 1.10. The number of ether oxygens (including phenoxy) is 1. The van der Waals surface area contributed by atoms with Gasteiger partial charge in [0, 0.05) is 19.7 Å². The van der Waals surface area contributed by atoms with Gasteiger partial charge in [-0.05, 0) is 13.8 Å². The van der Waals surface area contributed by atoms with E-state index >= 15 is 0 Å². The van der Waals surface area contributed by atoms with Crippen LogP contribution in [-0.2, 0) is 4.74 Å². The molecule has 6 nitrogen and oxygen atoms in total. The number of anilines is 2. The molecule has 0 fully saturated rings. The van der Waals surface area contributed by atoms with Gasteiger partial charge in [-0.1, -0.05) is 0 Å². The van der Waals surface area contributed by atoms with Crippen molar-refractivity contribution in [1.82, 2.24) is 9.97 Å². The average Bonchev–Trinajstić information content (AvgIpc) is 2.36. The van der Waals surface area contributed by atoms with E-state index in [-0.39, 0.29) is 11.8 Å². The molecule has 0 aliphatic heterocycles. The molecule has 1 aromatic rings. The number of hydrazine groups is 1. The summed E-state index contributed by atoms with van der Waals surface area (Å²) in [4.78, 5) is 9.45. The maximum atomic E-state index is 13.6. The molecule has 17 heavy (non-hydrogen) atoms. The molecule has 0 unspecified atom stereocenters. The molecule has 0 saturated heterocycles. The molecule has 0 radical (unpaired) electrons. The third kappa shape index (κ3) is 3.79.